The number of aliphatic hydroxyl groups is 1. The van der Waals surface area contributed by atoms with Gasteiger partial charge in [-0.15, -0.1) is 0 Å². The van der Waals surface area contributed by atoms with Gasteiger partial charge >= 0.3 is 0 Å². The minimum atomic E-state index is -0.386. The van der Waals surface area contributed by atoms with Crippen molar-refractivity contribution in [1.82, 2.24) is 24.7 Å². The number of likely N-dealkylation sites (N-methyl/N-ethyl adjacent to an activating group) is 1. The highest BCUT2D eigenvalue weighted by atomic mass is 16.5. The number of hydrogen-bond donors (Lipinski definition) is 1. The molecule has 3 atom stereocenters. The summed E-state index contributed by atoms with van der Waals surface area (Å²) in [6.07, 6.45) is 4.67. The number of hydrogen-bond acceptors (Lipinski definition) is 8. The van der Waals surface area contributed by atoms with Crippen LogP contribution in [0.25, 0.3) is 11.1 Å². The molecule has 0 bridgehead atoms. The van der Waals surface area contributed by atoms with Gasteiger partial charge in [-0.1, -0.05) is 6.92 Å². The number of fused-ring (bicyclic) bond motifs is 1. The van der Waals surface area contributed by atoms with E-state index in [0.29, 0.717) is 38.4 Å². The van der Waals surface area contributed by atoms with Crippen molar-refractivity contribution in [2.45, 2.75) is 26.0 Å². The molecule has 2 aliphatic rings. The van der Waals surface area contributed by atoms with Crippen molar-refractivity contribution in [3.8, 4) is 17.0 Å². The average molecular weight is 498 g/mol. The molecule has 0 unspecified atom stereocenters. The van der Waals surface area contributed by atoms with E-state index < -0.39 is 0 Å². The standard InChI is InChI=1S/C26H35N5O5/c1-18-14-31(19(2)17-32)26(34)22-12-21(20-4-6-27-7-5-20)13-28-25(22)36-23(18)15-29(3)24(33)16-30-8-10-35-11-9-30/h4-7,12-13,18-19,23,32H,8-11,14-17H2,1-3H3/t18-,19+,23+/m1/s1. The van der Waals surface area contributed by atoms with Gasteiger partial charge in [0.05, 0.1) is 39.0 Å². The second kappa shape index (κ2) is 11.8. The second-order valence-corrected chi connectivity index (χ2v) is 9.60. The maximum Gasteiger partial charge on any atom is 0.259 e. The Morgan fingerprint density at radius 1 is 1.25 bits per heavy atom. The van der Waals surface area contributed by atoms with Gasteiger partial charge in [-0.2, -0.15) is 0 Å². The van der Waals surface area contributed by atoms with E-state index in [4.69, 9.17) is 9.47 Å². The molecule has 10 nitrogen and oxygen atoms in total. The highest BCUT2D eigenvalue weighted by molar-refractivity contribution is 5.98. The lowest BCUT2D eigenvalue weighted by Crippen LogP contribution is -2.51. The summed E-state index contributed by atoms with van der Waals surface area (Å²) in [5, 5.41) is 9.86. The zero-order valence-electron chi connectivity index (χ0n) is 21.2. The van der Waals surface area contributed by atoms with E-state index in [1.807, 2.05) is 26.0 Å². The first-order chi connectivity index (χ1) is 17.4. The number of carbonyl (C=O) groups is 2. The number of carbonyl (C=O) groups excluding carboxylic acids is 2. The smallest absolute Gasteiger partial charge is 0.259 e. The number of aliphatic hydroxyl groups excluding tert-OH is 1. The van der Waals surface area contributed by atoms with Gasteiger partial charge in [0.15, 0.2) is 0 Å². The molecule has 194 valence electrons. The molecule has 1 N–H and O–H groups in total. The zero-order chi connectivity index (χ0) is 25.7. The molecule has 2 amide bonds. The van der Waals surface area contributed by atoms with Gasteiger partial charge < -0.3 is 24.4 Å². The Bertz CT molecular complexity index is 1050. The minimum absolute atomic E-state index is 0.00707. The van der Waals surface area contributed by atoms with Crippen LogP contribution in [0.3, 0.4) is 0 Å². The minimum Gasteiger partial charge on any atom is -0.472 e. The van der Waals surface area contributed by atoms with Gasteiger partial charge in [-0.05, 0) is 30.7 Å². The molecule has 0 aromatic carbocycles. The lowest BCUT2D eigenvalue weighted by atomic mass is 9.99. The molecular weight excluding hydrogens is 462 g/mol. The molecule has 0 saturated carbocycles. The van der Waals surface area contributed by atoms with Crippen LogP contribution in [0.2, 0.25) is 0 Å². The van der Waals surface area contributed by atoms with Crippen LogP contribution in [0.1, 0.15) is 24.2 Å². The number of pyridine rings is 2. The van der Waals surface area contributed by atoms with Gasteiger partial charge in [0.25, 0.3) is 5.91 Å². The summed E-state index contributed by atoms with van der Waals surface area (Å²) in [5.41, 5.74) is 1.99. The number of nitrogens with zero attached hydrogens (tertiary/aromatic N) is 5. The lowest BCUT2D eigenvalue weighted by molar-refractivity contribution is -0.133. The zero-order valence-corrected chi connectivity index (χ0v) is 21.2. The van der Waals surface area contributed by atoms with Crippen LogP contribution in [-0.2, 0) is 9.53 Å². The fraction of sp³-hybridized carbons (Fsp3) is 0.538. The molecule has 1 saturated heterocycles. The van der Waals surface area contributed by atoms with Crippen LogP contribution < -0.4 is 4.74 Å². The molecule has 2 aliphatic heterocycles. The van der Waals surface area contributed by atoms with Crippen LogP contribution in [0, 0.1) is 5.92 Å². The Hall–Kier alpha value is -3.08. The van der Waals surface area contributed by atoms with Gasteiger partial charge in [-0.3, -0.25) is 19.5 Å². The molecule has 1 fully saturated rings. The Kier molecular flexibility index (Phi) is 8.50. The number of rotatable bonds is 7. The van der Waals surface area contributed by atoms with Gasteiger partial charge in [-0.25, -0.2) is 4.98 Å². The van der Waals surface area contributed by atoms with E-state index in [1.165, 1.54) is 0 Å². The molecule has 10 heteroatoms. The molecule has 2 aromatic heterocycles. The molecule has 0 spiro atoms. The van der Waals surface area contributed by atoms with Crippen molar-refractivity contribution >= 4 is 11.8 Å². The highest BCUT2D eigenvalue weighted by Crippen LogP contribution is 2.30. The van der Waals surface area contributed by atoms with Gasteiger partial charge in [0, 0.05) is 56.8 Å². The third-order valence-electron chi connectivity index (χ3n) is 6.88. The SMILES string of the molecule is C[C@@H]1CN([C@@H](C)CO)C(=O)c2cc(-c3ccncc3)cnc2O[C@H]1CN(C)C(=O)CN1CCOCC1. The number of amides is 2. The van der Waals surface area contributed by atoms with E-state index >= 15 is 0 Å². The first-order valence-corrected chi connectivity index (χ1v) is 12.4. The lowest BCUT2D eigenvalue weighted by Gasteiger charge is -2.38. The quantitative estimate of drug-likeness (QED) is 0.607. The average Bonchev–Trinajstić information content (AvgIpc) is 2.91. The van der Waals surface area contributed by atoms with Crippen LogP contribution in [0.15, 0.2) is 36.8 Å². The second-order valence-electron chi connectivity index (χ2n) is 9.60. The van der Waals surface area contributed by atoms with Crippen molar-refractivity contribution < 1.29 is 24.2 Å². The number of ether oxygens (including phenoxy) is 2. The molecule has 36 heavy (non-hydrogen) atoms. The van der Waals surface area contributed by atoms with E-state index in [2.05, 4.69) is 14.9 Å². The third-order valence-corrected chi connectivity index (χ3v) is 6.88. The van der Waals surface area contributed by atoms with Crippen molar-refractivity contribution in [1.29, 1.82) is 0 Å². The van der Waals surface area contributed by atoms with E-state index in [9.17, 15) is 14.7 Å². The Morgan fingerprint density at radius 3 is 2.67 bits per heavy atom. The number of morpholine rings is 1. The largest absolute Gasteiger partial charge is 0.472 e. The normalized spacial score (nSPS) is 21.7. The van der Waals surface area contributed by atoms with Crippen LogP contribution >= 0.6 is 0 Å². The summed E-state index contributed by atoms with van der Waals surface area (Å²) in [4.78, 5) is 40.5. The van der Waals surface area contributed by atoms with Gasteiger partial charge in [0.1, 0.15) is 11.7 Å². The maximum absolute atomic E-state index is 13.6. The van der Waals surface area contributed by atoms with E-state index in [0.717, 1.165) is 24.2 Å². The molecular formula is C26H35N5O5. The fourth-order valence-electron chi connectivity index (χ4n) is 4.47. The Labute approximate surface area is 211 Å². The summed E-state index contributed by atoms with van der Waals surface area (Å²) in [7, 11) is 1.78. The Balaban J connectivity index is 1.59. The molecule has 2 aromatic rings. The van der Waals surface area contributed by atoms with Crippen LogP contribution in [-0.4, -0.2) is 113 Å². The van der Waals surface area contributed by atoms with Crippen molar-refractivity contribution in [3.63, 3.8) is 0 Å². The van der Waals surface area contributed by atoms with Crippen molar-refractivity contribution in [2.24, 2.45) is 5.92 Å². The summed E-state index contributed by atoms with van der Waals surface area (Å²) >= 11 is 0. The summed E-state index contributed by atoms with van der Waals surface area (Å²) in [6, 6.07) is 5.10. The molecule has 0 radical (unpaired) electrons. The van der Waals surface area contributed by atoms with Crippen molar-refractivity contribution in [3.05, 3.63) is 42.4 Å². The van der Waals surface area contributed by atoms with Crippen molar-refractivity contribution in [2.75, 3.05) is 59.6 Å². The van der Waals surface area contributed by atoms with Crippen LogP contribution in [0.4, 0.5) is 0 Å². The van der Waals surface area contributed by atoms with Gasteiger partial charge in [0.2, 0.25) is 11.8 Å². The Morgan fingerprint density at radius 2 is 1.97 bits per heavy atom. The monoisotopic (exact) mass is 497 g/mol. The van der Waals surface area contributed by atoms with E-state index in [1.54, 1.807) is 41.5 Å². The molecule has 4 rings (SSSR count). The first-order valence-electron chi connectivity index (χ1n) is 12.4. The summed E-state index contributed by atoms with van der Waals surface area (Å²) in [5.74, 6) is -0.0976. The highest BCUT2D eigenvalue weighted by Gasteiger charge is 2.35. The fourth-order valence-corrected chi connectivity index (χ4v) is 4.47. The third kappa shape index (κ3) is 6.00. The maximum atomic E-state index is 13.6. The topological polar surface area (TPSA) is 108 Å². The predicted molar refractivity (Wildman–Crippen MR) is 134 cm³/mol. The number of aromatic nitrogens is 2. The first kappa shape index (κ1) is 26.0. The predicted octanol–water partition coefficient (Wildman–Crippen LogP) is 1.15. The molecule has 4 heterocycles. The van der Waals surface area contributed by atoms with Crippen LogP contribution in [0.5, 0.6) is 5.88 Å². The van der Waals surface area contributed by atoms with E-state index in [-0.39, 0.29) is 42.4 Å². The summed E-state index contributed by atoms with van der Waals surface area (Å²) < 4.78 is 11.7. The molecule has 0 aliphatic carbocycles. The summed E-state index contributed by atoms with van der Waals surface area (Å²) in [6.45, 7) is 7.47.